The minimum Gasteiger partial charge on any atom is -0.480 e. The molecule has 1 aromatic rings. The topological polar surface area (TPSA) is 61.8 Å². The molecule has 1 fully saturated rings. The van der Waals surface area contributed by atoms with E-state index in [1.807, 2.05) is 24.3 Å². The smallest absolute Gasteiger partial charge is 0.264 e. The number of aliphatic hydroxyl groups is 1. The number of para-hydroxylation sites is 1. The number of amides is 1. The van der Waals surface area contributed by atoms with Crippen LogP contribution in [-0.2, 0) is 11.2 Å². The van der Waals surface area contributed by atoms with E-state index < -0.39 is 6.10 Å². The summed E-state index contributed by atoms with van der Waals surface area (Å²) in [6.07, 6.45) is 2.41. The molecule has 0 aliphatic carbocycles. The highest BCUT2D eigenvalue weighted by Gasteiger charge is 2.33. The maximum absolute atomic E-state index is 12.7. The molecule has 2 atom stereocenters. The fraction of sp³-hybridized carbons (Fsp3) is 0.562. The number of hydrogen-bond acceptors (Lipinski definition) is 4. The van der Waals surface area contributed by atoms with E-state index in [9.17, 15) is 9.90 Å². The third kappa shape index (κ3) is 3.19. The number of hydrogen-bond donors (Lipinski definition) is 2. The lowest BCUT2D eigenvalue weighted by Gasteiger charge is -2.27. The average Bonchev–Trinajstić information content (AvgIpc) is 3.14. The van der Waals surface area contributed by atoms with E-state index in [0.717, 1.165) is 30.7 Å². The highest BCUT2D eigenvalue weighted by molar-refractivity contribution is 5.82. The minimum absolute atomic E-state index is 0.0157. The molecule has 2 aliphatic rings. The first kappa shape index (κ1) is 14.4. The highest BCUT2D eigenvalue weighted by Crippen LogP contribution is 2.29. The molecule has 1 aromatic carbocycles. The maximum atomic E-state index is 12.7. The molecule has 1 amide bonds. The summed E-state index contributed by atoms with van der Waals surface area (Å²) in [5, 5.41) is 12.6. The van der Waals surface area contributed by atoms with Crippen LogP contribution in [0.5, 0.6) is 5.75 Å². The second-order valence-corrected chi connectivity index (χ2v) is 5.72. The first-order valence-corrected chi connectivity index (χ1v) is 7.65. The number of carbonyl (C=O) groups is 1. The van der Waals surface area contributed by atoms with E-state index in [-0.39, 0.29) is 12.5 Å². The van der Waals surface area contributed by atoms with Crippen LogP contribution in [-0.4, -0.2) is 54.3 Å². The molecule has 5 nitrogen and oxygen atoms in total. The van der Waals surface area contributed by atoms with Crippen LogP contribution in [0.2, 0.25) is 0 Å². The summed E-state index contributed by atoms with van der Waals surface area (Å²) in [4.78, 5) is 14.4. The molecule has 0 spiro atoms. The van der Waals surface area contributed by atoms with Crippen molar-refractivity contribution in [2.75, 3.05) is 26.2 Å². The molecule has 3 rings (SSSR count). The Morgan fingerprint density at radius 2 is 2.29 bits per heavy atom. The maximum Gasteiger partial charge on any atom is 0.264 e. The molecule has 1 saturated heterocycles. The quantitative estimate of drug-likeness (QED) is 0.832. The Morgan fingerprint density at radius 3 is 3.00 bits per heavy atom. The number of rotatable bonds is 5. The van der Waals surface area contributed by atoms with Gasteiger partial charge in [-0.3, -0.25) is 4.79 Å². The number of fused-ring (bicyclic) bond motifs is 1. The summed E-state index contributed by atoms with van der Waals surface area (Å²) in [5.41, 5.74) is 1.08. The molecule has 2 heterocycles. The van der Waals surface area contributed by atoms with E-state index >= 15 is 0 Å². The largest absolute Gasteiger partial charge is 0.480 e. The number of nitrogens with zero attached hydrogens (tertiary/aromatic N) is 1. The van der Waals surface area contributed by atoms with Gasteiger partial charge in [-0.15, -0.1) is 0 Å². The van der Waals surface area contributed by atoms with Crippen LogP contribution in [0, 0.1) is 0 Å². The number of nitrogens with one attached hydrogen (secondary N) is 1. The van der Waals surface area contributed by atoms with Gasteiger partial charge in [0, 0.05) is 25.6 Å². The van der Waals surface area contributed by atoms with Crippen molar-refractivity contribution in [3.05, 3.63) is 29.8 Å². The first-order valence-electron chi connectivity index (χ1n) is 7.65. The normalized spacial score (nSPS) is 23.7. The lowest BCUT2D eigenvalue weighted by atomic mass is 10.1. The predicted octanol–water partition coefficient (Wildman–Crippen LogP) is 0.563. The highest BCUT2D eigenvalue weighted by atomic mass is 16.5. The summed E-state index contributed by atoms with van der Waals surface area (Å²) in [7, 11) is 0. The van der Waals surface area contributed by atoms with Crippen LogP contribution in [0.4, 0.5) is 0 Å². The van der Waals surface area contributed by atoms with E-state index in [0.29, 0.717) is 25.6 Å². The van der Waals surface area contributed by atoms with Gasteiger partial charge in [0.05, 0.1) is 6.61 Å². The zero-order valence-corrected chi connectivity index (χ0v) is 12.1. The zero-order chi connectivity index (χ0) is 14.7. The van der Waals surface area contributed by atoms with Gasteiger partial charge in [0.15, 0.2) is 6.10 Å². The predicted molar refractivity (Wildman–Crippen MR) is 79.3 cm³/mol. The van der Waals surface area contributed by atoms with Gasteiger partial charge in [-0.05, 0) is 31.0 Å². The lowest BCUT2D eigenvalue weighted by Crippen LogP contribution is -2.47. The van der Waals surface area contributed by atoms with Gasteiger partial charge < -0.3 is 20.1 Å². The van der Waals surface area contributed by atoms with Crippen molar-refractivity contribution in [3.63, 3.8) is 0 Å². The SMILES string of the molecule is O=C(C1Cc2ccccc2O1)N(CCO)CC1CCCN1. The molecule has 5 heteroatoms. The van der Waals surface area contributed by atoms with Gasteiger partial charge in [-0.2, -0.15) is 0 Å². The summed E-state index contributed by atoms with van der Waals surface area (Å²) < 4.78 is 5.77. The summed E-state index contributed by atoms with van der Waals surface area (Å²) in [6.45, 7) is 2.01. The fourth-order valence-electron chi connectivity index (χ4n) is 3.11. The monoisotopic (exact) mass is 290 g/mol. The molecule has 2 unspecified atom stereocenters. The summed E-state index contributed by atoms with van der Waals surface area (Å²) >= 11 is 0. The molecular formula is C16H22N2O3. The average molecular weight is 290 g/mol. The Kier molecular flexibility index (Phi) is 4.41. The lowest BCUT2D eigenvalue weighted by molar-refractivity contribution is -0.138. The number of ether oxygens (including phenoxy) is 1. The van der Waals surface area contributed by atoms with Gasteiger partial charge in [0.2, 0.25) is 0 Å². The Balaban J connectivity index is 1.64. The standard InChI is InChI=1S/C16H22N2O3/c19-9-8-18(11-13-5-3-7-17-13)16(20)15-10-12-4-1-2-6-14(12)21-15/h1-2,4,6,13,15,17,19H,3,5,7-11H2. The van der Waals surface area contributed by atoms with Crippen molar-refractivity contribution in [2.24, 2.45) is 0 Å². The summed E-state index contributed by atoms with van der Waals surface area (Å²) in [6, 6.07) is 8.11. The Morgan fingerprint density at radius 1 is 1.43 bits per heavy atom. The first-order chi connectivity index (χ1) is 10.3. The van der Waals surface area contributed by atoms with E-state index in [4.69, 9.17) is 4.74 Å². The Hall–Kier alpha value is -1.59. The van der Waals surface area contributed by atoms with Crippen LogP contribution in [0.25, 0.3) is 0 Å². The Labute approximate surface area is 124 Å². The molecule has 0 aromatic heterocycles. The van der Waals surface area contributed by atoms with Gasteiger partial charge in [-0.25, -0.2) is 0 Å². The molecule has 114 valence electrons. The number of benzene rings is 1. The number of carbonyl (C=O) groups excluding carboxylic acids is 1. The molecule has 2 aliphatic heterocycles. The van der Waals surface area contributed by atoms with Crippen molar-refractivity contribution >= 4 is 5.91 Å². The van der Waals surface area contributed by atoms with Gasteiger partial charge >= 0.3 is 0 Å². The van der Waals surface area contributed by atoms with Gasteiger partial charge in [0.1, 0.15) is 5.75 Å². The van der Waals surface area contributed by atoms with Crippen molar-refractivity contribution in [3.8, 4) is 5.75 Å². The van der Waals surface area contributed by atoms with Crippen molar-refractivity contribution < 1.29 is 14.6 Å². The Bertz CT molecular complexity index is 475. The van der Waals surface area contributed by atoms with Crippen molar-refractivity contribution in [1.29, 1.82) is 0 Å². The fourth-order valence-corrected chi connectivity index (χ4v) is 3.11. The molecule has 0 radical (unpaired) electrons. The van der Waals surface area contributed by atoms with Gasteiger partial charge in [0.25, 0.3) is 5.91 Å². The van der Waals surface area contributed by atoms with Crippen LogP contribution in [0.15, 0.2) is 24.3 Å². The van der Waals surface area contributed by atoms with Crippen LogP contribution in [0.1, 0.15) is 18.4 Å². The third-order valence-corrected chi connectivity index (χ3v) is 4.21. The van der Waals surface area contributed by atoms with Crippen molar-refractivity contribution in [2.45, 2.75) is 31.4 Å². The van der Waals surface area contributed by atoms with Crippen LogP contribution in [0.3, 0.4) is 0 Å². The molecule has 0 bridgehead atoms. The van der Waals surface area contributed by atoms with Crippen LogP contribution >= 0.6 is 0 Å². The zero-order valence-electron chi connectivity index (χ0n) is 12.1. The van der Waals surface area contributed by atoms with E-state index in [1.165, 1.54) is 0 Å². The second-order valence-electron chi connectivity index (χ2n) is 5.72. The van der Waals surface area contributed by atoms with E-state index in [1.54, 1.807) is 4.90 Å². The molecule has 2 N–H and O–H groups in total. The molecular weight excluding hydrogens is 268 g/mol. The van der Waals surface area contributed by atoms with Gasteiger partial charge in [-0.1, -0.05) is 18.2 Å². The third-order valence-electron chi connectivity index (χ3n) is 4.21. The minimum atomic E-state index is -0.449. The van der Waals surface area contributed by atoms with E-state index in [2.05, 4.69) is 5.32 Å². The van der Waals surface area contributed by atoms with Crippen LogP contribution < -0.4 is 10.1 Å². The second kappa shape index (κ2) is 6.45. The summed E-state index contributed by atoms with van der Waals surface area (Å²) in [5.74, 6) is 0.785. The molecule has 0 saturated carbocycles. The number of aliphatic hydroxyl groups excluding tert-OH is 1. The molecule has 21 heavy (non-hydrogen) atoms. The van der Waals surface area contributed by atoms with Crippen molar-refractivity contribution in [1.82, 2.24) is 10.2 Å².